The molecule has 2 aliphatic carbocycles. The van der Waals surface area contributed by atoms with E-state index in [1.54, 1.807) is 6.08 Å². The number of rotatable bonds is 11. The molecule has 0 atom stereocenters. The van der Waals surface area contributed by atoms with Crippen LogP contribution < -0.4 is 0 Å². The van der Waals surface area contributed by atoms with Crippen LogP contribution in [0, 0.1) is 35.0 Å². The van der Waals surface area contributed by atoms with Gasteiger partial charge in [0.15, 0.2) is 0 Å². The van der Waals surface area contributed by atoms with Gasteiger partial charge in [-0.3, -0.25) is 0 Å². The summed E-state index contributed by atoms with van der Waals surface area (Å²) in [6.07, 6.45) is 25.9. The highest BCUT2D eigenvalue weighted by atomic mass is 14.4. The zero-order valence-electron chi connectivity index (χ0n) is 20.0. The molecule has 3 rings (SSSR count). The van der Waals surface area contributed by atoms with Crippen LogP contribution in [0.3, 0.4) is 0 Å². The molecule has 0 amide bonds. The van der Waals surface area contributed by atoms with Crippen molar-refractivity contribution in [2.75, 3.05) is 0 Å². The summed E-state index contributed by atoms with van der Waals surface area (Å²) in [4.78, 5) is 0. The Labute approximate surface area is 192 Å². The molecule has 1 heteroatoms. The van der Waals surface area contributed by atoms with Crippen LogP contribution in [0.15, 0.2) is 36.4 Å². The van der Waals surface area contributed by atoms with E-state index in [1.165, 1.54) is 114 Å². The quantitative estimate of drug-likeness (QED) is 0.259. The first-order chi connectivity index (χ1) is 15.3. The van der Waals surface area contributed by atoms with E-state index in [2.05, 4.69) is 43.3 Å². The van der Waals surface area contributed by atoms with Crippen molar-refractivity contribution in [3.8, 4) is 6.07 Å². The fourth-order valence-electron chi connectivity index (χ4n) is 6.15. The average Bonchev–Trinajstić information content (AvgIpc) is 2.82. The topological polar surface area (TPSA) is 23.8 Å². The summed E-state index contributed by atoms with van der Waals surface area (Å²) in [5.74, 6) is 3.63. The fourth-order valence-corrected chi connectivity index (χ4v) is 6.15. The Morgan fingerprint density at radius 1 is 0.774 bits per heavy atom. The summed E-state index contributed by atoms with van der Waals surface area (Å²) in [5, 5.41) is 8.72. The lowest BCUT2D eigenvalue weighted by Gasteiger charge is -2.37. The fraction of sp³-hybridized carbons (Fsp3) is 0.700. The molecule has 0 N–H and O–H groups in total. The molecule has 0 spiro atoms. The van der Waals surface area contributed by atoms with Gasteiger partial charge in [-0.05, 0) is 99.0 Å². The van der Waals surface area contributed by atoms with Gasteiger partial charge in [0.2, 0.25) is 0 Å². The van der Waals surface area contributed by atoms with Crippen molar-refractivity contribution in [1.82, 2.24) is 0 Å². The first-order valence-electron chi connectivity index (χ1n) is 13.4. The van der Waals surface area contributed by atoms with Gasteiger partial charge in [-0.2, -0.15) is 5.26 Å². The zero-order valence-corrected chi connectivity index (χ0v) is 20.0. The number of allylic oxidation sites excluding steroid dienone is 2. The number of benzene rings is 1. The highest BCUT2D eigenvalue weighted by molar-refractivity contribution is 5.22. The Kier molecular flexibility index (Phi) is 10.7. The smallest absolute Gasteiger partial charge is 0.0908 e. The van der Waals surface area contributed by atoms with Crippen molar-refractivity contribution in [2.45, 2.75) is 110 Å². The molecule has 31 heavy (non-hydrogen) atoms. The lowest BCUT2D eigenvalue weighted by atomic mass is 9.68. The second-order valence-electron chi connectivity index (χ2n) is 10.5. The van der Waals surface area contributed by atoms with Crippen LogP contribution in [0.4, 0.5) is 0 Å². The van der Waals surface area contributed by atoms with Crippen LogP contribution in [-0.2, 0) is 12.8 Å². The maximum Gasteiger partial charge on any atom is 0.0908 e. The summed E-state index contributed by atoms with van der Waals surface area (Å²) >= 11 is 0. The Hall–Kier alpha value is -1.55. The molecule has 0 unspecified atom stereocenters. The van der Waals surface area contributed by atoms with Crippen molar-refractivity contribution >= 4 is 0 Å². The summed E-state index contributed by atoms with van der Waals surface area (Å²) in [5.41, 5.74) is 3.05. The molecule has 2 aliphatic rings. The van der Waals surface area contributed by atoms with Crippen LogP contribution in [0.25, 0.3) is 0 Å². The van der Waals surface area contributed by atoms with Gasteiger partial charge in [-0.15, -0.1) is 0 Å². The van der Waals surface area contributed by atoms with E-state index >= 15 is 0 Å². The van der Waals surface area contributed by atoms with Gasteiger partial charge in [-0.1, -0.05) is 75.8 Å². The maximum atomic E-state index is 8.72. The van der Waals surface area contributed by atoms with Crippen LogP contribution >= 0.6 is 0 Å². The number of aryl methyl sites for hydroxylation is 2. The standard InChI is InChI=1S/C30H45N/c1-2-3-4-8-25-12-14-26(15-13-25)9-5-6-10-27-16-20-29(21-17-27)30-22-18-28(19-23-30)11-7-24-31/h7,11-15,27-30H,2-6,8-10,16-23H2,1H3. The van der Waals surface area contributed by atoms with E-state index < -0.39 is 0 Å². The second kappa shape index (κ2) is 13.8. The maximum absolute atomic E-state index is 8.72. The molecule has 0 aliphatic heterocycles. The van der Waals surface area contributed by atoms with E-state index in [0.29, 0.717) is 5.92 Å². The monoisotopic (exact) mass is 419 g/mol. The third-order valence-electron chi connectivity index (χ3n) is 8.24. The predicted molar refractivity (Wildman–Crippen MR) is 133 cm³/mol. The number of nitrogens with zero attached hydrogens (tertiary/aromatic N) is 1. The van der Waals surface area contributed by atoms with Gasteiger partial charge < -0.3 is 0 Å². The van der Waals surface area contributed by atoms with E-state index in [0.717, 1.165) is 17.8 Å². The minimum Gasteiger partial charge on any atom is -0.193 e. The first kappa shape index (κ1) is 24.1. The van der Waals surface area contributed by atoms with Gasteiger partial charge in [0, 0.05) is 6.08 Å². The first-order valence-corrected chi connectivity index (χ1v) is 13.4. The van der Waals surface area contributed by atoms with Crippen molar-refractivity contribution in [3.05, 3.63) is 47.5 Å². The molecular formula is C30H45N. The summed E-state index contributed by atoms with van der Waals surface area (Å²) in [6, 6.07) is 11.6. The lowest BCUT2D eigenvalue weighted by molar-refractivity contribution is 0.151. The van der Waals surface area contributed by atoms with Gasteiger partial charge in [0.25, 0.3) is 0 Å². The third kappa shape index (κ3) is 8.48. The SMILES string of the molecule is CCCCCc1ccc(CCCCC2CCC(C3CCC(C=CC#N)CC3)CC2)cc1. The summed E-state index contributed by atoms with van der Waals surface area (Å²) in [7, 11) is 0. The van der Waals surface area contributed by atoms with Gasteiger partial charge >= 0.3 is 0 Å². The van der Waals surface area contributed by atoms with Crippen LogP contribution in [-0.4, -0.2) is 0 Å². The predicted octanol–water partition coefficient (Wildman–Crippen LogP) is 8.82. The molecule has 0 bridgehead atoms. The van der Waals surface area contributed by atoms with E-state index in [1.807, 2.05) is 0 Å². The normalized spacial score (nSPS) is 26.7. The Balaban J connectivity index is 1.26. The van der Waals surface area contributed by atoms with Crippen LogP contribution in [0.2, 0.25) is 0 Å². The zero-order chi connectivity index (χ0) is 21.7. The molecule has 0 radical (unpaired) electrons. The lowest BCUT2D eigenvalue weighted by Crippen LogP contribution is -2.25. The number of hydrogen-bond acceptors (Lipinski definition) is 1. The number of nitriles is 1. The third-order valence-corrected chi connectivity index (χ3v) is 8.24. The molecule has 170 valence electrons. The molecule has 2 saturated carbocycles. The Bertz CT molecular complexity index is 663. The van der Waals surface area contributed by atoms with Crippen LogP contribution in [0.1, 0.15) is 108 Å². The van der Waals surface area contributed by atoms with Crippen LogP contribution in [0.5, 0.6) is 0 Å². The van der Waals surface area contributed by atoms with Crippen molar-refractivity contribution in [3.63, 3.8) is 0 Å². The van der Waals surface area contributed by atoms with Gasteiger partial charge in [0.1, 0.15) is 0 Å². The largest absolute Gasteiger partial charge is 0.193 e. The Morgan fingerprint density at radius 3 is 1.87 bits per heavy atom. The Morgan fingerprint density at radius 2 is 1.32 bits per heavy atom. The molecule has 0 saturated heterocycles. The van der Waals surface area contributed by atoms with E-state index in [-0.39, 0.29) is 0 Å². The molecule has 1 aromatic rings. The summed E-state index contributed by atoms with van der Waals surface area (Å²) in [6.45, 7) is 2.28. The molecule has 1 nitrogen and oxygen atoms in total. The van der Waals surface area contributed by atoms with Gasteiger partial charge in [-0.25, -0.2) is 0 Å². The van der Waals surface area contributed by atoms with Crippen molar-refractivity contribution in [1.29, 1.82) is 5.26 Å². The summed E-state index contributed by atoms with van der Waals surface area (Å²) < 4.78 is 0. The number of hydrogen-bond donors (Lipinski definition) is 0. The minimum absolute atomic E-state index is 0.671. The molecular weight excluding hydrogens is 374 g/mol. The average molecular weight is 420 g/mol. The van der Waals surface area contributed by atoms with E-state index in [4.69, 9.17) is 5.26 Å². The van der Waals surface area contributed by atoms with E-state index in [9.17, 15) is 0 Å². The van der Waals surface area contributed by atoms with Gasteiger partial charge in [0.05, 0.1) is 6.07 Å². The highest BCUT2D eigenvalue weighted by Gasteiger charge is 2.30. The van der Waals surface area contributed by atoms with Crippen molar-refractivity contribution in [2.24, 2.45) is 23.7 Å². The minimum atomic E-state index is 0.671. The molecule has 0 aromatic heterocycles. The molecule has 1 aromatic carbocycles. The molecule has 0 heterocycles. The highest BCUT2D eigenvalue weighted by Crippen LogP contribution is 2.42. The van der Waals surface area contributed by atoms with Crippen molar-refractivity contribution < 1.29 is 0 Å². The number of unbranched alkanes of at least 4 members (excludes halogenated alkanes) is 3. The molecule has 2 fully saturated rings. The second-order valence-corrected chi connectivity index (χ2v) is 10.5.